The maximum Gasteiger partial charge on any atom is 0.339 e. The Labute approximate surface area is 393 Å². The highest BCUT2D eigenvalue weighted by atomic mass is 19.1. The Morgan fingerprint density at radius 2 is 0.809 bits per heavy atom. The molecular weight excluding hydrogens is 880 g/mol. The molecule has 3 unspecified atom stereocenters. The molecule has 6 rings (SSSR count). The molecule has 68 heavy (non-hydrogen) atoms. The average molecular weight is 937 g/mol. The van der Waals surface area contributed by atoms with Gasteiger partial charge in [0.05, 0.1) is 24.7 Å². The molecule has 13 N–H and O–H groups in total. The number of hydrogen-bond donors (Lipinski definition) is 8. The van der Waals surface area contributed by atoms with E-state index in [0.717, 1.165) is 40.2 Å². The van der Waals surface area contributed by atoms with Crippen LogP contribution in [0.3, 0.4) is 0 Å². The number of urea groups is 4. The summed E-state index contributed by atoms with van der Waals surface area (Å²) in [6.07, 6.45) is 0.838. The SMILES string of the molecule is CC(c1ccc(OCCc2ccccc2)cc1)N(O)C(N)=O.CC(c1ccc(OCc2ccc(F)cc2)cc1)N(O)C(N)=O.CC(c1ccc(Oc2ccccc2)cc1)N(O)C(N)=O.NC(N)=O. The lowest BCUT2D eigenvalue weighted by atomic mass is 10.1. The Hall–Kier alpha value is -8.39. The van der Waals surface area contributed by atoms with Crippen molar-refractivity contribution in [3.63, 3.8) is 0 Å². The monoisotopic (exact) mass is 936 g/mol. The van der Waals surface area contributed by atoms with Crippen LogP contribution in [-0.4, -0.2) is 61.5 Å². The van der Waals surface area contributed by atoms with Gasteiger partial charge in [-0.25, -0.2) is 23.6 Å². The number of nitrogens with two attached hydrogens (primary N) is 5. The number of benzene rings is 6. The lowest BCUT2D eigenvalue weighted by molar-refractivity contribution is -0.0710. The lowest BCUT2D eigenvalue weighted by Crippen LogP contribution is -2.34. The Morgan fingerprint density at radius 1 is 0.471 bits per heavy atom. The number of para-hydroxylation sites is 1. The zero-order valence-electron chi connectivity index (χ0n) is 37.7. The van der Waals surface area contributed by atoms with Crippen molar-refractivity contribution in [2.24, 2.45) is 28.7 Å². The normalized spacial score (nSPS) is 11.4. The maximum atomic E-state index is 12.8. The third-order valence-corrected chi connectivity index (χ3v) is 9.67. The Balaban J connectivity index is 0.000000260. The van der Waals surface area contributed by atoms with Crippen molar-refractivity contribution in [1.29, 1.82) is 0 Å². The van der Waals surface area contributed by atoms with E-state index in [9.17, 15) is 34.4 Å². The van der Waals surface area contributed by atoms with Gasteiger partial charge in [0.25, 0.3) is 0 Å². The molecule has 8 amide bonds. The molecule has 0 spiro atoms. The molecule has 19 heteroatoms. The fourth-order valence-corrected chi connectivity index (χ4v) is 5.80. The largest absolute Gasteiger partial charge is 0.493 e. The summed E-state index contributed by atoms with van der Waals surface area (Å²) in [5.41, 5.74) is 27.9. The van der Waals surface area contributed by atoms with Crippen molar-refractivity contribution in [3.05, 3.63) is 191 Å². The first-order chi connectivity index (χ1) is 32.4. The first-order valence-corrected chi connectivity index (χ1v) is 20.8. The van der Waals surface area contributed by atoms with Gasteiger partial charge in [-0.15, -0.1) is 0 Å². The molecule has 6 aromatic rings. The highest BCUT2D eigenvalue weighted by Gasteiger charge is 2.19. The minimum atomic E-state index is -0.913. The van der Waals surface area contributed by atoms with Crippen LogP contribution in [-0.2, 0) is 13.0 Å². The van der Waals surface area contributed by atoms with E-state index in [1.54, 1.807) is 93.6 Å². The molecule has 18 nitrogen and oxygen atoms in total. The molecule has 0 aliphatic heterocycles. The third kappa shape index (κ3) is 19.0. The zero-order valence-corrected chi connectivity index (χ0v) is 37.7. The summed E-state index contributed by atoms with van der Waals surface area (Å²) >= 11 is 0. The average Bonchev–Trinajstić information content (AvgIpc) is 3.34. The third-order valence-electron chi connectivity index (χ3n) is 9.67. The number of hydroxylamine groups is 6. The number of hydrogen-bond acceptors (Lipinski definition) is 10. The quantitative estimate of drug-likeness (QED) is 0.0358. The van der Waals surface area contributed by atoms with Crippen molar-refractivity contribution < 1.29 is 53.4 Å². The van der Waals surface area contributed by atoms with Gasteiger partial charge in [-0.2, -0.15) is 15.2 Å². The van der Waals surface area contributed by atoms with Gasteiger partial charge >= 0.3 is 24.1 Å². The van der Waals surface area contributed by atoms with E-state index in [4.69, 9.17) is 36.2 Å². The van der Waals surface area contributed by atoms with Gasteiger partial charge in [-0.05, 0) is 109 Å². The number of nitrogens with zero attached hydrogens (tertiary/aromatic N) is 3. The number of primary amides is 5. The number of ether oxygens (including phenoxy) is 3. The lowest BCUT2D eigenvalue weighted by Gasteiger charge is -2.20. The number of carbonyl (C=O) groups excluding carboxylic acids is 4. The molecule has 0 saturated heterocycles. The summed E-state index contributed by atoms with van der Waals surface area (Å²) in [4.78, 5) is 41.7. The maximum absolute atomic E-state index is 12.8. The minimum Gasteiger partial charge on any atom is -0.493 e. The smallest absolute Gasteiger partial charge is 0.339 e. The summed E-state index contributed by atoms with van der Waals surface area (Å²) in [6.45, 7) is 5.93. The predicted octanol–water partition coefficient (Wildman–Crippen LogP) is 8.71. The van der Waals surface area contributed by atoms with E-state index in [1.165, 1.54) is 17.7 Å². The van der Waals surface area contributed by atoms with Crippen molar-refractivity contribution >= 4 is 24.1 Å². The zero-order chi connectivity index (χ0) is 50.2. The van der Waals surface area contributed by atoms with E-state index in [2.05, 4.69) is 23.6 Å². The fraction of sp³-hybridized carbons (Fsp3) is 0.184. The van der Waals surface area contributed by atoms with Crippen molar-refractivity contribution in [2.75, 3.05) is 6.61 Å². The van der Waals surface area contributed by atoms with Crippen LogP contribution in [0.5, 0.6) is 23.0 Å². The number of amides is 8. The Morgan fingerprint density at radius 3 is 1.19 bits per heavy atom. The van der Waals surface area contributed by atoms with Crippen LogP contribution < -0.4 is 42.9 Å². The molecule has 0 bridgehead atoms. The van der Waals surface area contributed by atoms with Crippen molar-refractivity contribution in [3.8, 4) is 23.0 Å². The number of carbonyl (C=O) groups is 4. The first kappa shape index (κ1) is 53.9. The van der Waals surface area contributed by atoms with E-state index in [0.29, 0.717) is 39.9 Å². The summed E-state index contributed by atoms with van der Waals surface area (Å²) in [6, 6.07) is 41.8. The second-order valence-electron chi connectivity index (χ2n) is 14.6. The highest BCUT2D eigenvalue weighted by molar-refractivity contribution is 5.72. The second-order valence-corrected chi connectivity index (χ2v) is 14.6. The van der Waals surface area contributed by atoms with Crippen LogP contribution in [0.2, 0.25) is 0 Å². The first-order valence-electron chi connectivity index (χ1n) is 20.8. The van der Waals surface area contributed by atoms with E-state index < -0.39 is 42.2 Å². The molecule has 3 atom stereocenters. The molecule has 0 aliphatic carbocycles. The molecule has 0 radical (unpaired) electrons. The van der Waals surface area contributed by atoms with Crippen LogP contribution in [0.1, 0.15) is 66.7 Å². The predicted molar refractivity (Wildman–Crippen MR) is 251 cm³/mol. The molecule has 0 aromatic heterocycles. The topological polar surface area (TPSA) is 296 Å². The van der Waals surface area contributed by atoms with Crippen LogP contribution >= 0.6 is 0 Å². The number of rotatable bonds is 15. The fourth-order valence-electron chi connectivity index (χ4n) is 5.80. The standard InChI is InChI=1S/C17H20N2O3.C16H17FN2O3.C15H16N2O3.CH4N2O/c1-13(19(21)17(18)20)15-7-9-16(10-8-15)22-12-11-14-5-3-2-4-6-14;1-11(19(21)16(18)20)13-4-8-15(9-5-13)22-10-12-2-6-14(17)7-3-12;1-11(17(19)15(16)18)12-7-9-14(10-8-12)20-13-5-3-2-4-6-13;2-1(3)4/h2-10,13,21H,11-12H2,1H3,(H2,18,20);2-9,11,21H,10H2,1H3,(H2,18,20);2-11,19H,1H3,(H2,16,18);(H4,2,3,4). The van der Waals surface area contributed by atoms with Gasteiger partial charge in [-0.3, -0.25) is 15.6 Å². The molecule has 0 fully saturated rings. The summed E-state index contributed by atoms with van der Waals surface area (Å²) in [5, 5.41) is 29.9. The Kier molecular flexibility index (Phi) is 22.1. The second kappa shape index (κ2) is 27.8. The molecule has 6 aromatic carbocycles. The van der Waals surface area contributed by atoms with Gasteiger partial charge in [0.2, 0.25) is 0 Å². The highest BCUT2D eigenvalue weighted by Crippen LogP contribution is 2.26. The van der Waals surface area contributed by atoms with Crippen LogP contribution in [0.15, 0.2) is 158 Å². The van der Waals surface area contributed by atoms with Gasteiger partial charge < -0.3 is 42.9 Å². The van der Waals surface area contributed by atoms with Crippen molar-refractivity contribution in [2.45, 2.75) is 51.9 Å². The molecule has 360 valence electrons. The molecular formula is C49H57FN8O10. The van der Waals surface area contributed by atoms with E-state index in [-0.39, 0.29) is 5.82 Å². The number of halogens is 1. The van der Waals surface area contributed by atoms with Gasteiger partial charge in [0.1, 0.15) is 35.4 Å². The van der Waals surface area contributed by atoms with Gasteiger partial charge in [-0.1, -0.05) is 97.1 Å². The Bertz CT molecular complexity index is 2430. The van der Waals surface area contributed by atoms with Crippen LogP contribution in [0, 0.1) is 5.82 Å². The summed E-state index contributed by atoms with van der Waals surface area (Å²) in [5.74, 6) is 2.51. The van der Waals surface area contributed by atoms with Crippen LogP contribution in [0.25, 0.3) is 0 Å². The van der Waals surface area contributed by atoms with Crippen LogP contribution in [0.4, 0.5) is 23.6 Å². The van der Waals surface area contributed by atoms with Gasteiger partial charge in [0, 0.05) is 6.42 Å². The van der Waals surface area contributed by atoms with E-state index >= 15 is 0 Å². The summed E-state index contributed by atoms with van der Waals surface area (Å²) in [7, 11) is 0. The molecule has 0 saturated carbocycles. The molecule has 0 aliphatic rings. The summed E-state index contributed by atoms with van der Waals surface area (Å²) < 4.78 is 29.7. The van der Waals surface area contributed by atoms with Crippen molar-refractivity contribution in [1.82, 2.24) is 15.2 Å². The minimum absolute atomic E-state index is 0.287. The van der Waals surface area contributed by atoms with Gasteiger partial charge in [0.15, 0.2) is 0 Å². The van der Waals surface area contributed by atoms with E-state index in [1.807, 2.05) is 60.7 Å². The molecule has 0 heterocycles.